The summed E-state index contributed by atoms with van der Waals surface area (Å²) in [5.74, 6) is -0.00181. The van der Waals surface area contributed by atoms with Gasteiger partial charge < -0.3 is 9.15 Å². The summed E-state index contributed by atoms with van der Waals surface area (Å²) in [5.41, 5.74) is 2.74. The van der Waals surface area contributed by atoms with Gasteiger partial charge in [0.2, 0.25) is 0 Å². The minimum Gasteiger partial charge on any atom is -0.426 e. The van der Waals surface area contributed by atoms with Gasteiger partial charge in [-0.2, -0.15) is 0 Å². The predicted molar refractivity (Wildman–Crippen MR) is 97.5 cm³/mol. The number of aryl methyl sites for hydroxylation is 1. The molecule has 0 amide bonds. The molecule has 0 fully saturated rings. The van der Waals surface area contributed by atoms with Crippen LogP contribution in [0, 0.1) is 6.92 Å². The lowest BCUT2D eigenvalue weighted by Gasteiger charge is -2.25. The highest BCUT2D eigenvalue weighted by molar-refractivity contribution is 7.98. The lowest BCUT2D eigenvalue weighted by Crippen LogP contribution is -2.21. The third kappa shape index (κ3) is 2.74. The fraction of sp³-hybridized carbons (Fsp3) is 0.200. The zero-order valence-corrected chi connectivity index (χ0v) is 14.7. The molecule has 5 heteroatoms. The zero-order valence-electron chi connectivity index (χ0n) is 13.9. The van der Waals surface area contributed by atoms with Crippen LogP contribution in [0.1, 0.15) is 29.0 Å². The van der Waals surface area contributed by atoms with Crippen molar-refractivity contribution >= 4 is 28.7 Å². The molecule has 1 atom stereocenters. The molecule has 3 aromatic rings. The van der Waals surface area contributed by atoms with E-state index in [1.807, 2.05) is 43.5 Å². The van der Waals surface area contributed by atoms with E-state index in [0.29, 0.717) is 11.3 Å². The smallest absolute Gasteiger partial charge is 0.336 e. The van der Waals surface area contributed by atoms with Crippen molar-refractivity contribution in [1.29, 1.82) is 0 Å². The number of fused-ring (bicyclic) bond motifs is 3. The van der Waals surface area contributed by atoms with E-state index in [1.54, 1.807) is 17.8 Å². The number of carbonyl (C=O) groups is 1. The summed E-state index contributed by atoms with van der Waals surface area (Å²) in [6.45, 7) is 1.88. The molecule has 2 aromatic carbocycles. The molecule has 0 bridgehead atoms. The van der Waals surface area contributed by atoms with Gasteiger partial charge in [-0.25, -0.2) is 4.79 Å². The maximum atomic E-state index is 12.1. The first-order chi connectivity index (χ1) is 12.1. The number of ether oxygens (including phenoxy) is 1. The Morgan fingerprint density at radius 1 is 1.08 bits per heavy atom. The molecular weight excluding hydrogens is 336 g/mol. The topological polar surface area (TPSA) is 56.5 Å². The lowest BCUT2D eigenvalue weighted by atomic mass is 9.85. The van der Waals surface area contributed by atoms with E-state index in [-0.39, 0.29) is 18.3 Å². The first kappa shape index (κ1) is 16.0. The Morgan fingerprint density at radius 3 is 2.56 bits per heavy atom. The third-order valence-corrected chi connectivity index (χ3v) is 5.32. The molecule has 0 saturated carbocycles. The highest BCUT2D eigenvalue weighted by Crippen LogP contribution is 2.43. The summed E-state index contributed by atoms with van der Waals surface area (Å²) in [4.78, 5) is 25.1. The average Bonchev–Trinajstić information content (AvgIpc) is 2.60. The van der Waals surface area contributed by atoms with E-state index in [4.69, 9.17) is 9.15 Å². The second-order valence-corrected chi connectivity index (χ2v) is 6.99. The molecule has 126 valence electrons. The molecule has 1 aromatic heterocycles. The molecule has 1 aliphatic heterocycles. The van der Waals surface area contributed by atoms with E-state index >= 15 is 0 Å². The quantitative estimate of drug-likeness (QED) is 0.298. The summed E-state index contributed by atoms with van der Waals surface area (Å²) in [5, 5.41) is 0.863. The van der Waals surface area contributed by atoms with Crippen molar-refractivity contribution in [2.75, 3.05) is 6.26 Å². The molecule has 4 rings (SSSR count). The summed E-state index contributed by atoms with van der Waals surface area (Å²) < 4.78 is 10.9. The molecule has 1 aliphatic rings. The number of hydrogen-bond donors (Lipinski definition) is 0. The number of carbonyl (C=O) groups excluding carboxylic acids is 1. The SMILES string of the molecule is CSc1ccc(C2CC(=O)Oc3ccc4c(C)cc(=O)oc4c32)cc1. The van der Waals surface area contributed by atoms with Crippen LogP contribution in [0.25, 0.3) is 11.0 Å². The van der Waals surface area contributed by atoms with Crippen LogP contribution in [0.15, 0.2) is 56.6 Å². The molecule has 1 unspecified atom stereocenters. The normalized spacial score (nSPS) is 16.6. The van der Waals surface area contributed by atoms with Crippen LogP contribution in [0.4, 0.5) is 0 Å². The minimum absolute atomic E-state index is 0.194. The van der Waals surface area contributed by atoms with Gasteiger partial charge in [0.25, 0.3) is 0 Å². The van der Waals surface area contributed by atoms with Crippen molar-refractivity contribution in [3.63, 3.8) is 0 Å². The van der Waals surface area contributed by atoms with E-state index < -0.39 is 5.63 Å². The first-order valence-corrected chi connectivity index (χ1v) is 9.21. The highest BCUT2D eigenvalue weighted by Gasteiger charge is 2.31. The lowest BCUT2D eigenvalue weighted by molar-refractivity contribution is -0.135. The third-order valence-electron chi connectivity index (χ3n) is 4.58. The standard InChI is InChI=1S/C20H16O4S/c1-11-9-17(21)24-20-14(11)7-8-16-19(20)15(10-18(22)23-16)12-3-5-13(25-2)6-4-12/h3-9,15H,10H2,1-2H3. The van der Waals surface area contributed by atoms with Crippen molar-refractivity contribution < 1.29 is 13.9 Å². The first-order valence-electron chi connectivity index (χ1n) is 7.99. The van der Waals surface area contributed by atoms with Gasteiger partial charge >= 0.3 is 11.6 Å². The number of benzene rings is 2. The second-order valence-electron chi connectivity index (χ2n) is 6.11. The Labute approximate surface area is 148 Å². The van der Waals surface area contributed by atoms with Crippen LogP contribution in [-0.4, -0.2) is 12.2 Å². The summed E-state index contributed by atoms with van der Waals surface area (Å²) in [7, 11) is 0. The molecule has 0 aliphatic carbocycles. The monoisotopic (exact) mass is 352 g/mol. The number of hydrogen-bond acceptors (Lipinski definition) is 5. The van der Waals surface area contributed by atoms with Crippen molar-refractivity contribution in [2.45, 2.75) is 24.2 Å². The number of esters is 1. The van der Waals surface area contributed by atoms with Gasteiger partial charge in [0, 0.05) is 27.8 Å². The van der Waals surface area contributed by atoms with Crippen molar-refractivity contribution in [3.05, 3.63) is 69.6 Å². The maximum absolute atomic E-state index is 12.1. The molecule has 25 heavy (non-hydrogen) atoms. The Balaban J connectivity index is 1.98. The molecule has 2 heterocycles. The van der Waals surface area contributed by atoms with E-state index in [2.05, 4.69) is 0 Å². The van der Waals surface area contributed by atoms with Gasteiger partial charge in [0.1, 0.15) is 11.3 Å². The molecular formula is C20H16O4S. The summed E-state index contributed by atoms with van der Waals surface area (Å²) >= 11 is 1.67. The molecule has 0 spiro atoms. The Morgan fingerprint density at radius 2 is 1.84 bits per heavy atom. The number of rotatable bonds is 2. The van der Waals surface area contributed by atoms with Crippen LogP contribution in [0.3, 0.4) is 0 Å². The fourth-order valence-corrected chi connectivity index (χ4v) is 3.77. The van der Waals surface area contributed by atoms with Crippen LogP contribution >= 0.6 is 11.8 Å². The molecule has 4 nitrogen and oxygen atoms in total. The predicted octanol–water partition coefficient (Wildman–Crippen LogP) is 4.26. The molecule has 0 N–H and O–H groups in total. The van der Waals surface area contributed by atoms with Crippen molar-refractivity contribution in [1.82, 2.24) is 0 Å². The van der Waals surface area contributed by atoms with Crippen LogP contribution in [-0.2, 0) is 4.79 Å². The zero-order chi connectivity index (χ0) is 17.6. The van der Waals surface area contributed by atoms with Crippen molar-refractivity contribution in [2.24, 2.45) is 0 Å². The number of thioether (sulfide) groups is 1. The van der Waals surface area contributed by atoms with E-state index in [0.717, 1.165) is 27.0 Å². The average molecular weight is 352 g/mol. The summed E-state index contributed by atoms with van der Waals surface area (Å²) in [6, 6.07) is 13.2. The maximum Gasteiger partial charge on any atom is 0.336 e. The van der Waals surface area contributed by atoms with Crippen molar-refractivity contribution in [3.8, 4) is 5.75 Å². The van der Waals surface area contributed by atoms with Gasteiger partial charge in [-0.05, 0) is 48.6 Å². The molecule has 0 radical (unpaired) electrons. The van der Waals surface area contributed by atoms with Crippen LogP contribution in [0.5, 0.6) is 5.75 Å². The van der Waals surface area contributed by atoms with E-state index in [9.17, 15) is 9.59 Å². The van der Waals surface area contributed by atoms with Crippen LogP contribution in [0.2, 0.25) is 0 Å². The van der Waals surface area contributed by atoms with Gasteiger partial charge in [-0.1, -0.05) is 12.1 Å². The van der Waals surface area contributed by atoms with Gasteiger partial charge in [-0.15, -0.1) is 11.8 Å². The van der Waals surface area contributed by atoms with Crippen LogP contribution < -0.4 is 10.4 Å². The molecule has 0 saturated heterocycles. The largest absolute Gasteiger partial charge is 0.426 e. The minimum atomic E-state index is -0.396. The fourth-order valence-electron chi connectivity index (χ4n) is 3.36. The van der Waals surface area contributed by atoms with Gasteiger partial charge in [-0.3, -0.25) is 4.79 Å². The Kier molecular flexibility index (Phi) is 3.88. The Hall–Kier alpha value is -2.53. The highest BCUT2D eigenvalue weighted by atomic mass is 32.2. The van der Waals surface area contributed by atoms with Gasteiger partial charge in [0.05, 0.1) is 6.42 Å². The van der Waals surface area contributed by atoms with Gasteiger partial charge in [0.15, 0.2) is 0 Å². The Bertz CT molecular complexity index is 1030. The second kappa shape index (κ2) is 6.08. The van der Waals surface area contributed by atoms with E-state index in [1.165, 1.54) is 6.07 Å². The summed E-state index contributed by atoms with van der Waals surface area (Å²) in [6.07, 6.45) is 2.25.